The van der Waals surface area contributed by atoms with E-state index in [9.17, 15) is 4.79 Å². The second-order valence-electron chi connectivity index (χ2n) is 6.71. The molecular formula is C19H22N4O2S. The summed E-state index contributed by atoms with van der Waals surface area (Å²) in [6.07, 6.45) is 2.43. The molecule has 0 aliphatic carbocycles. The molecule has 0 saturated carbocycles. The molecule has 6 nitrogen and oxygen atoms in total. The molecule has 1 aliphatic rings. The second kappa shape index (κ2) is 7.47. The highest BCUT2D eigenvalue weighted by atomic mass is 32.1. The third-order valence-corrected chi connectivity index (χ3v) is 5.28. The normalized spacial score (nSPS) is 14.5. The van der Waals surface area contributed by atoms with Gasteiger partial charge in [-0.3, -0.25) is 14.4 Å². The van der Waals surface area contributed by atoms with E-state index in [1.807, 2.05) is 9.58 Å². The van der Waals surface area contributed by atoms with Gasteiger partial charge < -0.3 is 9.32 Å². The average molecular weight is 370 g/mol. The van der Waals surface area contributed by atoms with Gasteiger partial charge in [-0.2, -0.15) is 16.4 Å². The number of hydrogen-bond acceptors (Lipinski definition) is 5. The maximum absolute atomic E-state index is 12.6. The lowest BCUT2D eigenvalue weighted by atomic mass is 10.2. The number of carbonyl (C=O) groups excluding carboxylic acids is 1. The molecule has 0 unspecified atom stereocenters. The lowest BCUT2D eigenvalue weighted by molar-refractivity contribution is 0.0713. The van der Waals surface area contributed by atoms with Crippen LogP contribution >= 0.6 is 11.3 Å². The number of fused-ring (bicyclic) bond motifs is 1. The van der Waals surface area contributed by atoms with Crippen LogP contribution in [0.4, 0.5) is 0 Å². The van der Waals surface area contributed by atoms with Crippen LogP contribution < -0.4 is 0 Å². The largest absolute Gasteiger partial charge is 0.459 e. The van der Waals surface area contributed by atoms with Crippen molar-refractivity contribution in [3.63, 3.8) is 0 Å². The van der Waals surface area contributed by atoms with E-state index in [1.165, 1.54) is 11.8 Å². The van der Waals surface area contributed by atoms with Crippen molar-refractivity contribution in [2.45, 2.75) is 32.6 Å². The molecule has 3 aromatic rings. The van der Waals surface area contributed by atoms with Crippen LogP contribution in [-0.2, 0) is 26.2 Å². The first-order valence-electron chi connectivity index (χ1n) is 8.77. The van der Waals surface area contributed by atoms with Crippen LogP contribution in [0.1, 0.15) is 33.9 Å². The number of hydrogen-bond donors (Lipinski definition) is 0. The summed E-state index contributed by atoms with van der Waals surface area (Å²) >= 11 is 1.72. The fourth-order valence-corrected chi connectivity index (χ4v) is 4.02. The van der Waals surface area contributed by atoms with E-state index in [0.717, 1.165) is 44.0 Å². The van der Waals surface area contributed by atoms with Crippen LogP contribution in [-0.4, -0.2) is 39.1 Å². The van der Waals surface area contributed by atoms with Gasteiger partial charge in [0, 0.05) is 26.2 Å². The van der Waals surface area contributed by atoms with Crippen LogP contribution in [0, 0.1) is 0 Å². The molecule has 0 saturated heterocycles. The monoisotopic (exact) mass is 370 g/mol. The first kappa shape index (κ1) is 17.1. The van der Waals surface area contributed by atoms with E-state index in [2.05, 4.69) is 34.8 Å². The summed E-state index contributed by atoms with van der Waals surface area (Å²) < 4.78 is 7.31. The van der Waals surface area contributed by atoms with Gasteiger partial charge in [0.1, 0.15) is 0 Å². The highest BCUT2D eigenvalue weighted by molar-refractivity contribution is 7.07. The van der Waals surface area contributed by atoms with Gasteiger partial charge in [0.15, 0.2) is 5.76 Å². The average Bonchev–Trinajstić information content (AvgIpc) is 3.35. The van der Waals surface area contributed by atoms with Gasteiger partial charge in [-0.05, 0) is 54.1 Å². The molecule has 0 atom stereocenters. The van der Waals surface area contributed by atoms with Crippen molar-refractivity contribution < 1.29 is 9.21 Å². The standard InChI is InChI=1S/C19H22N4O2S/c1-21(11-15-5-9-26-14-15)12-16-10-17-13-22(6-3-7-23(17)20-16)19(24)18-4-2-8-25-18/h2,4-5,8-10,14H,3,6-7,11-13H2,1H3. The van der Waals surface area contributed by atoms with E-state index < -0.39 is 0 Å². The van der Waals surface area contributed by atoms with E-state index in [1.54, 1.807) is 23.5 Å². The first-order valence-corrected chi connectivity index (χ1v) is 9.71. The SMILES string of the molecule is CN(Cc1ccsc1)Cc1cc2n(n1)CCCN(C(=O)c1ccco1)C2. The highest BCUT2D eigenvalue weighted by Gasteiger charge is 2.23. The predicted molar refractivity (Wildman–Crippen MR) is 99.8 cm³/mol. The molecule has 3 aromatic heterocycles. The molecule has 0 fully saturated rings. The van der Waals surface area contributed by atoms with E-state index in [0.29, 0.717) is 12.3 Å². The summed E-state index contributed by atoms with van der Waals surface area (Å²) in [5.74, 6) is 0.342. The summed E-state index contributed by atoms with van der Waals surface area (Å²) in [4.78, 5) is 16.7. The molecule has 0 aromatic carbocycles. The molecule has 136 valence electrons. The Kier molecular flexibility index (Phi) is 4.90. The quantitative estimate of drug-likeness (QED) is 0.692. The molecule has 4 heterocycles. The Labute approximate surface area is 156 Å². The topological polar surface area (TPSA) is 54.5 Å². The summed E-state index contributed by atoms with van der Waals surface area (Å²) in [6, 6.07) is 7.74. The summed E-state index contributed by atoms with van der Waals surface area (Å²) in [5.41, 5.74) is 3.46. The number of thiophene rings is 1. The van der Waals surface area contributed by atoms with Crippen molar-refractivity contribution in [1.29, 1.82) is 0 Å². The third kappa shape index (κ3) is 3.73. The van der Waals surface area contributed by atoms with Crippen molar-refractivity contribution in [2.75, 3.05) is 13.6 Å². The number of aromatic nitrogens is 2. The van der Waals surface area contributed by atoms with Gasteiger partial charge in [0.05, 0.1) is 24.2 Å². The molecule has 7 heteroatoms. The Bertz CT molecular complexity index is 854. The lowest BCUT2D eigenvalue weighted by Crippen LogP contribution is -2.30. The maximum Gasteiger partial charge on any atom is 0.289 e. The van der Waals surface area contributed by atoms with Gasteiger partial charge in [0.25, 0.3) is 5.91 Å². The summed E-state index contributed by atoms with van der Waals surface area (Å²) in [6.45, 7) is 3.83. The van der Waals surface area contributed by atoms with Gasteiger partial charge >= 0.3 is 0 Å². The number of rotatable bonds is 5. The van der Waals surface area contributed by atoms with E-state index in [4.69, 9.17) is 9.52 Å². The minimum Gasteiger partial charge on any atom is -0.459 e. The first-order chi connectivity index (χ1) is 12.7. The van der Waals surface area contributed by atoms with Crippen LogP contribution in [0.15, 0.2) is 45.7 Å². The van der Waals surface area contributed by atoms with Crippen LogP contribution in [0.5, 0.6) is 0 Å². The van der Waals surface area contributed by atoms with Crippen LogP contribution in [0.2, 0.25) is 0 Å². The number of amides is 1. The highest BCUT2D eigenvalue weighted by Crippen LogP contribution is 2.18. The zero-order valence-corrected chi connectivity index (χ0v) is 15.6. The Morgan fingerprint density at radius 1 is 1.35 bits per heavy atom. The third-order valence-electron chi connectivity index (χ3n) is 4.55. The minimum atomic E-state index is -0.0548. The molecule has 0 spiro atoms. The van der Waals surface area contributed by atoms with Crippen molar-refractivity contribution in [3.05, 3.63) is 64.0 Å². The van der Waals surface area contributed by atoms with Crippen molar-refractivity contribution >= 4 is 17.2 Å². The smallest absolute Gasteiger partial charge is 0.289 e. The maximum atomic E-state index is 12.6. The van der Waals surface area contributed by atoms with Gasteiger partial charge in [-0.1, -0.05) is 0 Å². The van der Waals surface area contributed by atoms with Gasteiger partial charge in [0.2, 0.25) is 0 Å². The molecule has 1 amide bonds. The number of carbonyl (C=O) groups is 1. The fraction of sp³-hybridized carbons (Fsp3) is 0.368. The zero-order chi connectivity index (χ0) is 17.9. The van der Waals surface area contributed by atoms with E-state index in [-0.39, 0.29) is 5.91 Å². The molecule has 1 aliphatic heterocycles. The van der Waals surface area contributed by atoms with Crippen molar-refractivity contribution in [3.8, 4) is 0 Å². The second-order valence-corrected chi connectivity index (χ2v) is 7.49. The van der Waals surface area contributed by atoms with Gasteiger partial charge in [-0.25, -0.2) is 0 Å². The summed E-state index contributed by atoms with van der Waals surface area (Å²) in [7, 11) is 2.11. The zero-order valence-electron chi connectivity index (χ0n) is 14.8. The Hall–Kier alpha value is -2.38. The molecule has 0 radical (unpaired) electrons. The number of aryl methyl sites for hydroxylation is 1. The number of nitrogens with zero attached hydrogens (tertiary/aromatic N) is 4. The number of furan rings is 1. The van der Waals surface area contributed by atoms with Crippen molar-refractivity contribution in [2.24, 2.45) is 0 Å². The predicted octanol–water partition coefficient (Wildman–Crippen LogP) is 3.22. The van der Waals surface area contributed by atoms with Crippen LogP contribution in [0.25, 0.3) is 0 Å². The molecule has 0 bridgehead atoms. The molecular weight excluding hydrogens is 348 g/mol. The molecule has 26 heavy (non-hydrogen) atoms. The van der Waals surface area contributed by atoms with Gasteiger partial charge in [-0.15, -0.1) is 0 Å². The molecule has 4 rings (SSSR count). The Morgan fingerprint density at radius 2 is 2.27 bits per heavy atom. The fourth-order valence-electron chi connectivity index (χ4n) is 3.36. The van der Waals surface area contributed by atoms with E-state index >= 15 is 0 Å². The Balaban J connectivity index is 1.44. The van der Waals surface area contributed by atoms with Crippen molar-refractivity contribution in [1.82, 2.24) is 19.6 Å². The molecule has 0 N–H and O–H groups in total. The Morgan fingerprint density at radius 3 is 3.04 bits per heavy atom. The summed E-state index contributed by atoms with van der Waals surface area (Å²) in [5, 5.41) is 9.03. The minimum absolute atomic E-state index is 0.0548. The van der Waals surface area contributed by atoms with Crippen LogP contribution in [0.3, 0.4) is 0 Å². The lowest BCUT2D eigenvalue weighted by Gasteiger charge is -2.18.